The van der Waals surface area contributed by atoms with Crippen LogP contribution in [0.2, 0.25) is 0 Å². The molecule has 1 amide bonds. The Balaban J connectivity index is 1.43. The lowest BCUT2D eigenvalue weighted by Crippen LogP contribution is -2.07. The number of carbonyl (C=O) groups is 1. The largest absolute Gasteiger partial charge is 0.493 e. The van der Waals surface area contributed by atoms with Crippen molar-refractivity contribution in [3.8, 4) is 22.8 Å². The molecule has 0 unspecified atom stereocenters. The van der Waals surface area contributed by atoms with Crippen LogP contribution in [0.4, 0.5) is 5.69 Å². The molecule has 1 N–H and O–H groups in total. The number of carbonyl (C=O) groups excluding carboxylic acids is 1. The Bertz CT molecular complexity index is 1180. The van der Waals surface area contributed by atoms with Crippen LogP contribution in [0.5, 0.6) is 11.5 Å². The number of hydrogen-bond acceptors (Lipinski definition) is 4. The van der Waals surface area contributed by atoms with Crippen LogP contribution >= 0.6 is 0 Å². The van der Waals surface area contributed by atoms with E-state index in [0.29, 0.717) is 17.2 Å². The fraction of sp³-hybridized carbons (Fsp3) is 0.0833. The van der Waals surface area contributed by atoms with E-state index >= 15 is 0 Å². The monoisotopic (exact) mass is 399 g/mol. The minimum atomic E-state index is -0.217. The molecule has 0 aliphatic carbocycles. The first kappa shape index (κ1) is 19.3. The van der Waals surface area contributed by atoms with Crippen molar-refractivity contribution in [2.24, 2.45) is 0 Å². The summed E-state index contributed by atoms with van der Waals surface area (Å²) in [4.78, 5) is 16.9. The number of aromatic nitrogens is 2. The smallest absolute Gasteiger partial charge is 0.248 e. The minimum Gasteiger partial charge on any atom is -0.493 e. The van der Waals surface area contributed by atoms with Crippen LogP contribution in [-0.4, -0.2) is 29.5 Å². The van der Waals surface area contributed by atoms with Gasteiger partial charge in [-0.25, -0.2) is 4.98 Å². The number of nitrogens with zero attached hydrogens (tertiary/aromatic N) is 2. The van der Waals surface area contributed by atoms with Crippen molar-refractivity contribution in [1.29, 1.82) is 0 Å². The van der Waals surface area contributed by atoms with Crippen molar-refractivity contribution in [1.82, 2.24) is 9.38 Å². The first-order chi connectivity index (χ1) is 14.7. The molecule has 30 heavy (non-hydrogen) atoms. The summed E-state index contributed by atoms with van der Waals surface area (Å²) in [5.74, 6) is 1.04. The number of pyridine rings is 1. The Morgan fingerprint density at radius 2 is 1.80 bits per heavy atom. The van der Waals surface area contributed by atoms with E-state index in [1.54, 1.807) is 26.4 Å². The summed E-state index contributed by atoms with van der Waals surface area (Å²) in [5, 5.41) is 2.86. The standard InChI is InChI=1S/C24H21N3O3/c1-29-21-12-6-17(15-22(21)30-2)7-13-24(28)25-19-10-8-18(9-11-19)20-16-27-14-4-3-5-23(27)26-20/h3-16H,1-2H3,(H,25,28)/b13-7+. The van der Waals surface area contributed by atoms with Crippen LogP contribution in [0.3, 0.4) is 0 Å². The molecule has 0 spiro atoms. The number of amides is 1. The summed E-state index contributed by atoms with van der Waals surface area (Å²) in [7, 11) is 3.16. The van der Waals surface area contributed by atoms with E-state index in [-0.39, 0.29) is 5.91 Å². The lowest BCUT2D eigenvalue weighted by Gasteiger charge is -2.07. The summed E-state index contributed by atoms with van der Waals surface area (Å²) in [5.41, 5.74) is 4.31. The number of nitrogens with one attached hydrogen (secondary N) is 1. The lowest BCUT2D eigenvalue weighted by molar-refractivity contribution is -0.111. The van der Waals surface area contributed by atoms with Crippen molar-refractivity contribution >= 4 is 23.3 Å². The Labute approximate surface area is 174 Å². The lowest BCUT2D eigenvalue weighted by atomic mass is 10.1. The molecule has 0 atom stereocenters. The third-order valence-electron chi connectivity index (χ3n) is 4.65. The number of anilines is 1. The van der Waals surface area contributed by atoms with Crippen LogP contribution in [-0.2, 0) is 4.79 Å². The summed E-state index contributed by atoms with van der Waals surface area (Å²) in [6.45, 7) is 0. The molecule has 0 saturated carbocycles. The number of hydrogen-bond donors (Lipinski definition) is 1. The quantitative estimate of drug-likeness (QED) is 0.479. The van der Waals surface area contributed by atoms with Crippen molar-refractivity contribution in [2.75, 3.05) is 19.5 Å². The predicted octanol–water partition coefficient (Wildman–Crippen LogP) is 4.67. The van der Waals surface area contributed by atoms with Gasteiger partial charge in [0.15, 0.2) is 11.5 Å². The van der Waals surface area contributed by atoms with Crippen LogP contribution in [0.25, 0.3) is 23.0 Å². The number of imidazole rings is 1. The minimum absolute atomic E-state index is 0.217. The number of fused-ring (bicyclic) bond motifs is 1. The second kappa shape index (κ2) is 8.53. The van der Waals surface area contributed by atoms with E-state index in [1.165, 1.54) is 6.08 Å². The Morgan fingerprint density at radius 1 is 1.00 bits per heavy atom. The molecule has 6 nitrogen and oxygen atoms in total. The number of ether oxygens (including phenoxy) is 2. The van der Waals surface area contributed by atoms with E-state index in [0.717, 1.165) is 22.5 Å². The van der Waals surface area contributed by atoms with Crippen LogP contribution in [0.1, 0.15) is 5.56 Å². The summed E-state index contributed by atoms with van der Waals surface area (Å²) < 4.78 is 12.5. The molecule has 0 radical (unpaired) electrons. The maximum atomic E-state index is 12.3. The second-order valence-electron chi connectivity index (χ2n) is 6.61. The van der Waals surface area contributed by atoms with Gasteiger partial charge >= 0.3 is 0 Å². The first-order valence-corrected chi connectivity index (χ1v) is 9.41. The Kier molecular flexibility index (Phi) is 5.48. The first-order valence-electron chi connectivity index (χ1n) is 9.41. The maximum absolute atomic E-state index is 12.3. The normalized spacial score (nSPS) is 11.0. The highest BCUT2D eigenvalue weighted by molar-refractivity contribution is 6.02. The van der Waals surface area contributed by atoms with Gasteiger partial charge in [-0.2, -0.15) is 0 Å². The SMILES string of the molecule is COc1ccc(/C=C/C(=O)Nc2ccc(-c3cn4ccccc4n3)cc2)cc1OC. The number of rotatable bonds is 6. The molecule has 0 saturated heterocycles. The van der Waals surface area contributed by atoms with Crippen LogP contribution < -0.4 is 14.8 Å². The Morgan fingerprint density at radius 3 is 2.53 bits per heavy atom. The summed E-state index contributed by atoms with van der Waals surface area (Å²) >= 11 is 0. The average molecular weight is 399 g/mol. The van der Waals surface area contributed by atoms with Gasteiger partial charge in [0.25, 0.3) is 0 Å². The molecule has 0 fully saturated rings. The van der Waals surface area contributed by atoms with Gasteiger partial charge < -0.3 is 19.2 Å². The van der Waals surface area contributed by atoms with E-state index in [9.17, 15) is 4.79 Å². The average Bonchev–Trinajstić information content (AvgIpc) is 3.22. The van der Waals surface area contributed by atoms with Gasteiger partial charge in [-0.3, -0.25) is 4.79 Å². The highest BCUT2D eigenvalue weighted by Crippen LogP contribution is 2.28. The molecule has 4 rings (SSSR count). The Hall–Kier alpha value is -4.06. The molecule has 6 heteroatoms. The van der Waals surface area contributed by atoms with Crippen molar-refractivity contribution in [3.05, 3.63) is 84.7 Å². The molecule has 4 aromatic rings. The molecular formula is C24H21N3O3. The molecule has 2 heterocycles. The molecule has 2 aromatic carbocycles. The number of methoxy groups -OCH3 is 2. The van der Waals surface area contributed by atoms with E-state index in [4.69, 9.17) is 9.47 Å². The molecule has 0 aliphatic rings. The third-order valence-corrected chi connectivity index (χ3v) is 4.65. The van der Waals surface area contributed by atoms with Crippen molar-refractivity contribution in [2.45, 2.75) is 0 Å². The molecular weight excluding hydrogens is 378 g/mol. The number of benzene rings is 2. The predicted molar refractivity (Wildman–Crippen MR) is 118 cm³/mol. The zero-order valence-corrected chi connectivity index (χ0v) is 16.7. The van der Waals surface area contributed by atoms with E-state index < -0.39 is 0 Å². The fourth-order valence-electron chi connectivity index (χ4n) is 3.11. The van der Waals surface area contributed by atoms with E-state index in [2.05, 4.69) is 10.3 Å². The zero-order valence-electron chi connectivity index (χ0n) is 16.7. The van der Waals surface area contributed by atoms with Crippen molar-refractivity contribution < 1.29 is 14.3 Å². The molecule has 0 aliphatic heterocycles. The summed E-state index contributed by atoms with van der Waals surface area (Å²) in [6, 6.07) is 19.0. The van der Waals surface area contributed by atoms with Gasteiger partial charge in [0.05, 0.1) is 19.9 Å². The van der Waals surface area contributed by atoms with Crippen LogP contribution in [0, 0.1) is 0 Å². The molecule has 2 aromatic heterocycles. The topological polar surface area (TPSA) is 64.9 Å². The maximum Gasteiger partial charge on any atom is 0.248 e. The second-order valence-corrected chi connectivity index (χ2v) is 6.61. The van der Waals surface area contributed by atoms with Gasteiger partial charge in [0.2, 0.25) is 5.91 Å². The molecule has 0 bridgehead atoms. The summed E-state index contributed by atoms with van der Waals surface area (Å²) in [6.07, 6.45) is 7.15. The highest BCUT2D eigenvalue weighted by Gasteiger charge is 2.06. The van der Waals surface area contributed by atoms with E-state index in [1.807, 2.05) is 71.4 Å². The van der Waals surface area contributed by atoms with Gasteiger partial charge in [-0.05, 0) is 48.0 Å². The van der Waals surface area contributed by atoms with Gasteiger partial charge in [-0.15, -0.1) is 0 Å². The highest BCUT2D eigenvalue weighted by atomic mass is 16.5. The third kappa shape index (κ3) is 4.17. The van der Waals surface area contributed by atoms with Crippen molar-refractivity contribution in [3.63, 3.8) is 0 Å². The molecule has 150 valence electrons. The fourth-order valence-corrected chi connectivity index (χ4v) is 3.11. The zero-order chi connectivity index (χ0) is 20.9. The van der Waals surface area contributed by atoms with Gasteiger partial charge in [-0.1, -0.05) is 24.3 Å². The van der Waals surface area contributed by atoms with Gasteiger partial charge in [0.1, 0.15) is 5.65 Å². The van der Waals surface area contributed by atoms with Crippen LogP contribution in [0.15, 0.2) is 79.1 Å². The van der Waals surface area contributed by atoms with Gasteiger partial charge in [0, 0.05) is 29.7 Å².